The highest BCUT2D eigenvalue weighted by Gasteiger charge is 2.27. The van der Waals surface area contributed by atoms with Gasteiger partial charge in [-0.25, -0.2) is 0 Å². The molecule has 1 aromatic heterocycles. The van der Waals surface area contributed by atoms with Gasteiger partial charge >= 0.3 is 0 Å². The maximum atomic E-state index is 12.9. The summed E-state index contributed by atoms with van der Waals surface area (Å²) < 4.78 is 0. The minimum Gasteiger partial charge on any atom is -0.336 e. The number of rotatable bonds is 6. The Morgan fingerprint density at radius 3 is 2.76 bits per heavy atom. The minimum absolute atomic E-state index is 0.0383. The molecule has 1 atom stereocenters. The third-order valence-electron chi connectivity index (χ3n) is 5.16. The molecule has 0 aliphatic carbocycles. The van der Waals surface area contributed by atoms with E-state index in [1.165, 1.54) is 18.4 Å². The molecule has 2 aromatic rings. The number of amides is 1. The quantitative estimate of drug-likeness (QED) is 0.877. The Morgan fingerprint density at radius 2 is 2.08 bits per heavy atom. The molecule has 1 aliphatic rings. The lowest BCUT2D eigenvalue weighted by Gasteiger charge is -2.29. The fraction of sp³-hybridized carbons (Fsp3) is 0.500. The van der Waals surface area contributed by atoms with E-state index in [0.29, 0.717) is 18.3 Å². The van der Waals surface area contributed by atoms with Crippen LogP contribution >= 0.6 is 0 Å². The summed E-state index contributed by atoms with van der Waals surface area (Å²) in [5, 5.41) is 7.26. The number of likely N-dealkylation sites (tertiary alicyclic amines) is 1. The van der Waals surface area contributed by atoms with Crippen LogP contribution in [-0.2, 0) is 0 Å². The van der Waals surface area contributed by atoms with Gasteiger partial charge in [-0.3, -0.25) is 14.8 Å². The van der Waals surface area contributed by atoms with Crippen LogP contribution in [0.4, 0.5) is 0 Å². The molecule has 5 nitrogen and oxygen atoms in total. The van der Waals surface area contributed by atoms with Crippen molar-refractivity contribution < 1.29 is 4.79 Å². The van der Waals surface area contributed by atoms with Gasteiger partial charge in [0.05, 0.1) is 5.69 Å². The number of aromatic nitrogens is 2. The predicted molar refractivity (Wildman–Crippen MR) is 101 cm³/mol. The fourth-order valence-electron chi connectivity index (χ4n) is 3.60. The van der Waals surface area contributed by atoms with Crippen molar-refractivity contribution in [2.45, 2.75) is 39.7 Å². The van der Waals surface area contributed by atoms with Crippen molar-refractivity contribution in [3.8, 4) is 11.3 Å². The number of hydrogen-bond donors (Lipinski definition) is 1. The molecule has 25 heavy (non-hydrogen) atoms. The van der Waals surface area contributed by atoms with Crippen molar-refractivity contribution in [1.29, 1.82) is 0 Å². The van der Waals surface area contributed by atoms with E-state index in [1.807, 2.05) is 30.0 Å². The Morgan fingerprint density at radius 1 is 1.32 bits per heavy atom. The summed E-state index contributed by atoms with van der Waals surface area (Å²) in [5.74, 6) is 0.0383. The average molecular weight is 340 g/mol. The van der Waals surface area contributed by atoms with E-state index in [1.54, 1.807) is 0 Å². The molecule has 0 bridgehead atoms. The molecule has 1 fully saturated rings. The van der Waals surface area contributed by atoms with E-state index >= 15 is 0 Å². The van der Waals surface area contributed by atoms with E-state index in [4.69, 9.17) is 0 Å². The highest BCUT2D eigenvalue weighted by atomic mass is 16.2. The molecule has 1 aliphatic heterocycles. The Kier molecular flexibility index (Phi) is 5.53. The average Bonchev–Trinajstić information content (AvgIpc) is 3.29. The highest BCUT2D eigenvalue weighted by molar-refractivity contribution is 5.93. The molecule has 134 valence electrons. The summed E-state index contributed by atoms with van der Waals surface area (Å²) in [4.78, 5) is 17.3. The van der Waals surface area contributed by atoms with Crippen molar-refractivity contribution in [3.05, 3.63) is 41.6 Å². The number of carbonyl (C=O) groups excluding carboxylic acids is 1. The lowest BCUT2D eigenvalue weighted by atomic mass is 10.1. The number of benzene rings is 1. The number of H-pyrrole nitrogens is 1. The van der Waals surface area contributed by atoms with Gasteiger partial charge in [-0.15, -0.1) is 0 Å². The van der Waals surface area contributed by atoms with Crippen LogP contribution in [0.1, 0.15) is 42.7 Å². The molecule has 0 radical (unpaired) electrons. The first kappa shape index (κ1) is 17.7. The maximum Gasteiger partial charge on any atom is 0.271 e. The molecule has 2 heterocycles. The highest BCUT2D eigenvalue weighted by Crippen LogP contribution is 2.21. The number of nitrogens with one attached hydrogen (secondary N) is 1. The standard InChI is InChI=1S/C20H28N4O/c1-4-23-12-6-7-17(23)14-24(5-2)20(25)19-13-18(21-22-19)16-10-8-15(3)9-11-16/h8-11,13,17H,4-7,12,14H2,1-3H3,(H,21,22). The Balaban J connectivity index is 1.71. The first-order valence-corrected chi connectivity index (χ1v) is 9.28. The zero-order valence-corrected chi connectivity index (χ0v) is 15.5. The fourth-order valence-corrected chi connectivity index (χ4v) is 3.60. The third-order valence-corrected chi connectivity index (χ3v) is 5.16. The third kappa shape index (κ3) is 3.93. The van der Waals surface area contributed by atoms with Gasteiger partial charge < -0.3 is 4.90 Å². The monoisotopic (exact) mass is 340 g/mol. The van der Waals surface area contributed by atoms with Crippen molar-refractivity contribution in [1.82, 2.24) is 20.0 Å². The maximum absolute atomic E-state index is 12.9. The number of carbonyl (C=O) groups is 1. The number of aromatic amines is 1. The van der Waals surface area contributed by atoms with Crippen LogP contribution < -0.4 is 0 Å². The second kappa shape index (κ2) is 7.83. The number of aryl methyl sites for hydroxylation is 1. The van der Waals surface area contributed by atoms with E-state index < -0.39 is 0 Å². The number of nitrogens with zero attached hydrogens (tertiary/aromatic N) is 3. The van der Waals surface area contributed by atoms with Gasteiger partial charge in [-0.1, -0.05) is 36.8 Å². The van der Waals surface area contributed by atoms with Gasteiger partial charge in [0.2, 0.25) is 0 Å². The van der Waals surface area contributed by atoms with Crippen LogP contribution in [-0.4, -0.2) is 58.1 Å². The second-order valence-electron chi connectivity index (χ2n) is 6.80. The zero-order chi connectivity index (χ0) is 17.8. The molecular formula is C20H28N4O. The van der Waals surface area contributed by atoms with Crippen molar-refractivity contribution in [3.63, 3.8) is 0 Å². The van der Waals surface area contributed by atoms with E-state index in [2.05, 4.69) is 41.1 Å². The Bertz CT molecular complexity index is 707. The van der Waals surface area contributed by atoms with Crippen LogP contribution in [0.25, 0.3) is 11.3 Å². The molecule has 1 amide bonds. The lowest BCUT2D eigenvalue weighted by Crippen LogP contribution is -2.43. The SMILES string of the molecule is CCN(CC1CCCN1CC)C(=O)c1cc(-c2ccc(C)cc2)n[nH]1. The van der Waals surface area contributed by atoms with Crippen molar-refractivity contribution in [2.75, 3.05) is 26.2 Å². The Labute approximate surface area is 150 Å². The van der Waals surface area contributed by atoms with Gasteiger partial charge in [-0.05, 0) is 45.8 Å². The molecule has 1 aromatic carbocycles. The summed E-state index contributed by atoms with van der Waals surface area (Å²) in [5.41, 5.74) is 3.62. The molecular weight excluding hydrogens is 312 g/mol. The summed E-state index contributed by atoms with van der Waals surface area (Å²) >= 11 is 0. The van der Waals surface area contributed by atoms with Gasteiger partial charge in [0.1, 0.15) is 5.69 Å². The summed E-state index contributed by atoms with van der Waals surface area (Å²) in [6.07, 6.45) is 2.40. The van der Waals surface area contributed by atoms with Crippen LogP contribution in [0.2, 0.25) is 0 Å². The molecule has 5 heteroatoms. The normalized spacial score (nSPS) is 17.8. The van der Waals surface area contributed by atoms with Crippen LogP contribution in [0.15, 0.2) is 30.3 Å². The summed E-state index contributed by atoms with van der Waals surface area (Å²) in [7, 11) is 0. The molecule has 0 spiro atoms. The largest absolute Gasteiger partial charge is 0.336 e. The minimum atomic E-state index is 0.0383. The molecule has 1 N–H and O–H groups in total. The first-order chi connectivity index (χ1) is 12.1. The molecule has 0 saturated carbocycles. The van der Waals surface area contributed by atoms with E-state index in [9.17, 15) is 4.79 Å². The van der Waals surface area contributed by atoms with Gasteiger partial charge in [-0.2, -0.15) is 5.10 Å². The van der Waals surface area contributed by atoms with Crippen LogP contribution in [0.3, 0.4) is 0 Å². The predicted octanol–water partition coefficient (Wildman–Crippen LogP) is 3.33. The zero-order valence-electron chi connectivity index (χ0n) is 15.5. The van der Waals surface area contributed by atoms with Crippen molar-refractivity contribution in [2.24, 2.45) is 0 Å². The smallest absolute Gasteiger partial charge is 0.271 e. The van der Waals surface area contributed by atoms with Gasteiger partial charge in [0, 0.05) is 24.7 Å². The summed E-state index contributed by atoms with van der Waals surface area (Å²) in [6.45, 7) is 10.0. The van der Waals surface area contributed by atoms with Crippen LogP contribution in [0.5, 0.6) is 0 Å². The van der Waals surface area contributed by atoms with E-state index in [0.717, 1.165) is 30.9 Å². The topological polar surface area (TPSA) is 52.2 Å². The molecule has 1 unspecified atom stereocenters. The van der Waals surface area contributed by atoms with E-state index in [-0.39, 0.29) is 5.91 Å². The van der Waals surface area contributed by atoms with Gasteiger partial charge in [0.25, 0.3) is 5.91 Å². The number of hydrogen-bond acceptors (Lipinski definition) is 3. The van der Waals surface area contributed by atoms with Gasteiger partial charge in [0.15, 0.2) is 0 Å². The number of likely N-dealkylation sites (N-methyl/N-ethyl adjacent to an activating group) is 2. The molecule has 1 saturated heterocycles. The first-order valence-electron chi connectivity index (χ1n) is 9.28. The molecule has 3 rings (SSSR count). The lowest BCUT2D eigenvalue weighted by molar-refractivity contribution is 0.0712. The van der Waals surface area contributed by atoms with Crippen molar-refractivity contribution >= 4 is 5.91 Å². The van der Waals surface area contributed by atoms with Crippen LogP contribution in [0, 0.1) is 6.92 Å². The Hall–Kier alpha value is -2.14. The second-order valence-corrected chi connectivity index (χ2v) is 6.80. The summed E-state index contributed by atoms with van der Waals surface area (Å²) in [6, 6.07) is 10.5.